The summed E-state index contributed by atoms with van der Waals surface area (Å²) in [4.78, 5) is 0. The van der Waals surface area contributed by atoms with Crippen LogP contribution in [0.15, 0.2) is 18.2 Å². The highest BCUT2D eigenvalue weighted by Gasteiger charge is 2.06. The average Bonchev–Trinajstić information content (AvgIpc) is 2.28. The lowest BCUT2D eigenvalue weighted by molar-refractivity contribution is 0.323. The molecule has 1 aromatic rings. The Morgan fingerprint density at radius 2 is 2.33 bits per heavy atom. The summed E-state index contributed by atoms with van der Waals surface area (Å²) in [6, 6.07) is 6.23. The highest BCUT2D eigenvalue weighted by molar-refractivity contribution is 5.58. The van der Waals surface area contributed by atoms with Gasteiger partial charge in [0.2, 0.25) is 0 Å². The zero-order valence-electron chi connectivity index (χ0n) is 7.26. The van der Waals surface area contributed by atoms with Crippen LogP contribution in [0.25, 0.3) is 0 Å². The molecule has 1 heterocycles. The highest BCUT2D eigenvalue weighted by atomic mass is 16.5. The van der Waals surface area contributed by atoms with Crippen molar-refractivity contribution in [3.8, 4) is 5.75 Å². The summed E-state index contributed by atoms with van der Waals surface area (Å²) in [5, 5.41) is 3.34. The molecule has 12 heavy (non-hydrogen) atoms. The summed E-state index contributed by atoms with van der Waals surface area (Å²) < 4.78 is 5.54. The third-order valence-electron chi connectivity index (χ3n) is 2.03. The summed E-state index contributed by atoms with van der Waals surface area (Å²) in [6.45, 7) is 3.92. The molecule has 64 valence electrons. The van der Waals surface area contributed by atoms with E-state index in [9.17, 15) is 0 Å². The Bertz CT molecular complexity index is 283. The van der Waals surface area contributed by atoms with Gasteiger partial charge in [-0.1, -0.05) is 6.07 Å². The number of benzene rings is 1. The number of fused-ring (bicyclic) bond motifs is 1. The minimum Gasteiger partial charge on any atom is -0.491 e. The van der Waals surface area contributed by atoms with E-state index in [4.69, 9.17) is 4.74 Å². The SMILES string of the molecule is Cc1ccc2c(c1)NCCCO2. The Hall–Kier alpha value is -1.18. The molecule has 0 saturated carbocycles. The van der Waals surface area contributed by atoms with Gasteiger partial charge in [0.1, 0.15) is 5.75 Å². The van der Waals surface area contributed by atoms with Gasteiger partial charge >= 0.3 is 0 Å². The molecule has 0 bridgehead atoms. The van der Waals surface area contributed by atoms with E-state index in [1.807, 2.05) is 6.07 Å². The Kier molecular flexibility index (Phi) is 1.90. The maximum Gasteiger partial charge on any atom is 0.142 e. The third kappa shape index (κ3) is 1.37. The summed E-state index contributed by atoms with van der Waals surface area (Å²) >= 11 is 0. The van der Waals surface area contributed by atoms with Crippen molar-refractivity contribution in [1.82, 2.24) is 0 Å². The van der Waals surface area contributed by atoms with Crippen LogP contribution >= 0.6 is 0 Å². The molecule has 1 aromatic carbocycles. The normalized spacial score (nSPS) is 15.4. The first-order valence-corrected chi connectivity index (χ1v) is 4.33. The average molecular weight is 163 g/mol. The Labute approximate surface area is 72.5 Å². The van der Waals surface area contributed by atoms with E-state index in [2.05, 4.69) is 24.4 Å². The smallest absolute Gasteiger partial charge is 0.142 e. The Morgan fingerprint density at radius 1 is 1.42 bits per heavy atom. The number of ether oxygens (including phenoxy) is 1. The summed E-state index contributed by atoms with van der Waals surface area (Å²) in [7, 11) is 0. The van der Waals surface area contributed by atoms with Gasteiger partial charge in [0, 0.05) is 6.54 Å². The monoisotopic (exact) mass is 163 g/mol. The summed E-state index contributed by atoms with van der Waals surface area (Å²) in [6.07, 6.45) is 1.08. The molecule has 0 fully saturated rings. The predicted molar refractivity (Wildman–Crippen MR) is 49.8 cm³/mol. The molecule has 1 aliphatic rings. The van der Waals surface area contributed by atoms with E-state index < -0.39 is 0 Å². The fourth-order valence-corrected chi connectivity index (χ4v) is 1.39. The van der Waals surface area contributed by atoms with Crippen LogP contribution in [0.4, 0.5) is 5.69 Å². The van der Waals surface area contributed by atoms with Gasteiger partial charge in [0.15, 0.2) is 0 Å². The second-order valence-corrected chi connectivity index (χ2v) is 3.13. The van der Waals surface area contributed by atoms with Gasteiger partial charge in [-0.25, -0.2) is 0 Å². The van der Waals surface area contributed by atoms with E-state index in [-0.39, 0.29) is 0 Å². The first-order chi connectivity index (χ1) is 5.86. The maximum absolute atomic E-state index is 5.54. The van der Waals surface area contributed by atoms with Crippen molar-refractivity contribution >= 4 is 5.69 Å². The topological polar surface area (TPSA) is 21.3 Å². The lowest BCUT2D eigenvalue weighted by Crippen LogP contribution is -2.00. The second kappa shape index (κ2) is 3.05. The number of nitrogens with one attached hydrogen (secondary N) is 1. The number of aryl methyl sites for hydroxylation is 1. The molecule has 0 atom stereocenters. The molecular formula is C10H13NO. The number of hydrogen-bond donors (Lipinski definition) is 1. The molecule has 0 unspecified atom stereocenters. The van der Waals surface area contributed by atoms with Crippen molar-refractivity contribution in [1.29, 1.82) is 0 Å². The van der Waals surface area contributed by atoms with Crippen LogP contribution in [0.5, 0.6) is 5.75 Å². The minimum atomic E-state index is 0.822. The van der Waals surface area contributed by atoms with Crippen molar-refractivity contribution < 1.29 is 4.74 Å². The Morgan fingerprint density at radius 3 is 3.25 bits per heavy atom. The lowest BCUT2D eigenvalue weighted by Gasteiger charge is -2.07. The van der Waals surface area contributed by atoms with E-state index >= 15 is 0 Å². The molecule has 2 nitrogen and oxygen atoms in total. The highest BCUT2D eigenvalue weighted by Crippen LogP contribution is 2.27. The van der Waals surface area contributed by atoms with E-state index in [1.54, 1.807) is 0 Å². The first-order valence-electron chi connectivity index (χ1n) is 4.33. The zero-order valence-corrected chi connectivity index (χ0v) is 7.26. The molecule has 1 N–H and O–H groups in total. The van der Waals surface area contributed by atoms with Crippen molar-refractivity contribution in [2.24, 2.45) is 0 Å². The van der Waals surface area contributed by atoms with Gasteiger partial charge in [-0.15, -0.1) is 0 Å². The summed E-state index contributed by atoms with van der Waals surface area (Å²) in [5.41, 5.74) is 2.40. The van der Waals surface area contributed by atoms with Crippen LogP contribution in [0.3, 0.4) is 0 Å². The van der Waals surface area contributed by atoms with E-state index in [1.165, 1.54) is 5.56 Å². The molecule has 0 aromatic heterocycles. The fourth-order valence-electron chi connectivity index (χ4n) is 1.39. The van der Waals surface area contributed by atoms with Crippen LogP contribution in [0.1, 0.15) is 12.0 Å². The second-order valence-electron chi connectivity index (χ2n) is 3.13. The van der Waals surface area contributed by atoms with Gasteiger partial charge in [-0.3, -0.25) is 0 Å². The van der Waals surface area contributed by atoms with Crippen LogP contribution in [-0.2, 0) is 0 Å². The third-order valence-corrected chi connectivity index (χ3v) is 2.03. The van der Waals surface area contributed by atoms with Crippen LogP contribution in [0.2, 0.25) is 0 Å². The molecule has 0 amide bonds. The standard InChI is InChI=1S/C10H13NO/c1-8-3-4-10-9(7-8)11-5-2-6-12-10/h3-4,7,11H,2,5-6H2,1H3. The molecular weight excluding hydrogens is 150 g/mol. The minimum absolute atomic E-state index is 0.822. The molecule has 1 aliphatic heterocycles. The zero-order chi connectivity index (χ0) is 8.39. The van der Waals surface area contributed by atoms with Gasteiger partial charge in [0.05, 0.1) is 12.3 Å². The van der Waals surface area contributed by atoms with Gasteiger partial charge in [-0.2, -0.15) is 0 Å². The van der Waals surface area contributed by atoms with Gasteiger partial charge in [-0.05, 0) is 31.0 Å². The molecule has 0 saturated heterocycles. The number of rotatable bonds is 0. The fraction of sp³-hybridized carbons (Fsp3) is 0.400. The number of anilines is 1. The van der Waals surface area contributed by atoms with Crippen molar-refractivity contribution in [3.05, 3.63) is 23.8 Å². The van der Waals surface area contributed by atoms with Crippen molar-refractivity contribution in [2.45, 2.75) is 13.3 Å². The van der Waals surface area contributed by atoms with Gasteiger partial charge in [0.25, 0.3) is 0 Å². The van der Waals surface area contributed by atoms with E-state index in [0.29, 0.717) is 0 Å². The Balaban J connectivity index is 2.36. The van der Waals surface area contributed by atoms with Crippen molar-refractivity contribution in [2.75, 3.05) is 18.5 Å². The van der Waals surface area contributed by atoms with Crippen LogP contribution < -0.4 is 10.1 Å². The molecule has 2 heteroatoms. The molecule has 2 rings (SSSR count). The first kappa shape index (κ1) is 7.47. The number of hydrogen-bond acceptors (Lipinski definition) is 2. The molecule has 0 aliphatic carbocycles. The molecule has 0 radical (unpaired) electrons. The molecule has 0 spiro atoms. The van der Waals surface area contributed by atoms with Crippen LogP contribution in [-0.4, -0.2) is 13.2 Å². The van der Waals surface area contributed by atoms with Crippen LogP contribution in [0, 0.1) is 6.92 Å². The lowest BCUT2D eigenvalue weighted by atomic mass is 10.2. The summed E-state index contributed by atoms with van der Waals surface area (Å²) in [5.74, 6) is 0.984. The quantitative estimate of drug-likeness (QED) is 0.633. The predicted octanol–water partition coefficient (Wildman–Crippen LogP) is 2.19. The van der Waals surface area contributed by atoms with E-state index in [0.717, 1.165) is 31.0 Å². The van der Waals surface area contributed by atoms with Gasteiger partial charge < -0.3 is 10.1 Å². The van der Waals surface area contributed by atoms with Crippen molar-refractivity contribution in [3.63, 3.8) is 0 Å². The largest absolute Gasteiger partial charge is 0.491 e. The maximum atomic E-state index is 5.54.